The van der Waals surface area contributed by atoms with Crippen molar-refractivity contribution >= 4 is 16.7 Å². The van der Waals surface area contributed by atoms with E-state index in [1.165, 1.54) is 6.42 Å². The lowest BCUT2D eigenvalue weighted by Crippen LogP contribution is -2.47. The summed E-state index contributed by atoms with van der Waals surface area (Å²) in [5.41, 5.74) is 3.30. The molecule has 6 heteroatoms. The summed E-state index contributed by atoms with van der Waals surface area (Å²) in [5, 5.41) is 0.925. The number of ether oxygens (including phenoxy) is 3. The fourth-order valence-electron chi connectivity index (χ4n) is 4.67. The number of aromatic nitrogens is 1. The predicted molar refractivity (Wildman–Crippen MR) is 115 cm³/mol. The molecule has 3 heterocycles. The molecule has 0 amide bonds. The van der Waals surface area contributed by atoms with Crippen LogP contribution in [0.2, 0.25) is 0 Å². The normalized spacial score (nSPS) is 20.6. The Morgan fingerprint density at radius 1 is 1.13 bits per heavy atom. The van der Waals surface area contributed by atoms with E-state index in [4.69, 9.17) is 14.2 Å². The molecule has 0 bridgehead atoms. The standard InChI is InChI=1S/C24H26N2O4/c1-15-21(23(27)16-8-10-17(28-2)11-9-16)18-6-4-7-20-22(18)26(15)19(24(29-3)30-20)14-25-12-5-13-25/h4,6-11,19,24H,5,12-14H2,1-3H3. The highest BCUT2D eigenvalue weighted by Gasteiger charge is 2.37. The quantitative estimate of drug-likeness (QED) is 0.583. The Bertz CT molecular complexity index is 1100. The molecule has 30 heavy (non-hydrogen) atoms. The molecule has 0 saturated carbocycles. The molecule has 6 nitrogen and oxygen atoms in total. The average molecular weight is 406 g/mol. The van der Waals surface area contributed by atoms with Gasteiger partial charge in [0.25, 0.3) is 0 Å². The SMILES string of the molecule is COc1ccc(C(=O)c2c(C)n3c4c(cccc24)OC(OC)C3CN2CCC2)cc1. The van der Waals surface area contributed by atoms with E-state index in [1.54, 1.807) is 14.2 Å². The zero-order valence-corrected chi connectivity index (χ0v) is 17.6. The summed E-state index contributed by atoms with van der Waals surface area (Å²) in [6.45, 7) is 5.06. The predicted octanol–water partition coefficient (Wildman–Crippen LogP) is 3.80. The molecule has 5 rings (SSSR count). The van der Waals surface area contributed by atoms with E-state index >= 15 is 0 Å². The second-order valence-corrected chi connectivity index (χ2v) is 7.98. The van der Waals surface area contributed by atoms with E-state index in [0.717, 1.165) is 53.3 Å². The Labute approximate surface area is 175 Å². The van der Waals surface area contributed by atoms with Crippen molar-refractivity contribution in [3.63, 3.8) is 0 Å². The van der Waals surface area contributed by atoms with Gasteiger partial charge in [-0.3, -0.25) is 4.79 Å². The van der Waals surface area contributed by atoms with Crippen molar-refractivity contribution in [1.82, 2.24) is 9.47 Å². The highest BCUT2D eigenvalue weighted by atomic mass is 16.7. The van der Waals surface area contributed by atoms with Crippen molar-refractivity contribution in [2.24, 2.45) is 0 Å². The molecule has 2 atom stereocenters. The van der Waals surface area contributed by atoms with Crippen molar-refractivity contribution in [2.45, 2.75) is 25.7 Å². The first kappa shape index (κ1) is 19.2. The van der Waals surface area contributed by atoms with Crippen molar-refractivity contribution < 1.29 is 19.0 Å². The molecule has 1 saturated heterocycles. The first-order valence-electron chi connectivity index (χ1n) is 10.4. The number of nitrogens with zero attached hydrogens (tertiary/aromatic N) is 2. The summed E-state index contributed by atoms with van der Waals surface area (Å²) >= 11 is 0. The molecule has 2 unspecified atom stereocenters. The van der Waals surface area contributed by atoms with E-state index in [2.05, 4.69) is 9.47 Å². The van der Waals surface area contributed by atoms with Crippen molar-refractivity contribution in [3.8, 4) is 11.5 Å². The minimum Gasteiger partial charge on any atom is -0.497 e. The van der Waals surface area contributed by atoms with Gasteiger partial charge in [0.2, 0.25) is 6.29 Å². The number of benzene rings is 2. The van der Waals surface area contributed by atoms with Crippen molar-refractivity contribution in [2.75, 3.05) is 33.9 Å². The molecule has 1 fully saturated rings. The number of methoxy groups -OCH3 is 2. The molecular weight excluding hydrogens is 380 g/mol. The number of hydrogen-bond acceptors (Lipinski definition) is 5. The molecule has 0 spiro atoms. The van der Waals surface area contributed by atoms with Crippen LogP contribution in [0.1, 0.15) is 34.1 Å². The van der Waals surface area contributed by atoms with Crippen LogP contribution in [0.5, 0.6) is 11.5 Å². The van der Waals surface area contributed by atoms with Crippen LogP contribution < -0.4 is 9.47 Å². The van der Waals surface area contributed by atoms with Crippen LogP contribution >= 0.6 is 0 Å². The van der Waals surface area contributed by atoms with Gasteiger partial charge < -0.3 is 23.7 Å². The molecule has 1 aromatic heterocycles. The van der Waals surface area contributed by atoms with Gasteiger partial charge in [0.15, 0.2) is 5.78 Å². The van der Waals surface area contributed by atoms with Crippen molar-refractivity contribution in [1.29, 1.82) is 0 Å². The second kappa shape index (κ2) is 7.45. The Kier molecular flexibility index (Phi) is 4.76. The van der Waals surface area contributed by atoms with Gasteiger partial charge in [-0.05, 0) is 56.8 Å². The molecule has 3 aromatic rings. The van der Waals surface area contributed by atoms with E-state index in [0.29, 0.717) is 5.56 Å². The molecule has 2 aliphatic rings. The number of para-hydroxylation sites is 1. The van der Waals surface area contributed by atoms with E-state index < -0.39 is 6.29 Å². The number of carbonyl (C=O) groups excluding carboxylic acids is 1. The van der Waals surface area contributed by atoms with Gasteiger partial charge in [-0.2, -0.15) is 0 Å². The smallest absolute Gasteiger partial charge is 0.221 e. The lowest BCUT2D eigenvalue weighted by Gasteiger charge is -2.40. The molecule has 0 aliphatic carbocycles. The third-order valence-electron chi connectivity index (χ3n) is 6.33. The molecule has 156 valence electrons. The van der Waals surface area contributed by atoms with Crippen LogP contribution in [0, 0.1) is 6.92 Å². The summed E-state index contributed by atoms with van der Waals surface area (Å²) in [7, 11) is 3.30. The summed E-state index contributed by atoms with van der Waals surface area (Å²) in [6, 6.07) is 13.2. The van der Waals surface area contributed by atoms with Gasteiger partial charge in [-0.25, -0.2) is 0 Å². The van der Waals surface area contributed by atoms with Crippen LogP contribution in [-0.2, 0) is 4.74 Å². The Hall–Kier alpha value is -2.83. The Morgan fingerprint density at radius 2 is 1.90 bits per heavy atom. The summed E-state index contributed by atoms with van der Waals surface area (Å²) < 4.78 is 19.4. The van der Waals surface area contributed by atoms with Gasteiger partial charge in [0.05, 0.1) is 18.2 Å². The molecular formula is C24H26N2O4. The number of ketones is 1. The Balaban J connectivity index is 1.65. The number of rotatable bonds is 6. The van der Waals surface area contributed by atoms with E-state index in [9.17, 15) is 4.79 Å². The minimum absolute atomic E-state index is 0.00891. The molecule has 2 aliphatic heterocycles. The van der Waals surface area contributed by atoms with Crippen LogP contribution in [-0.4, -0.2) is 55.4 Å². The molecule has 0 radical (unpaired) electrons. The maximum atomic E-state index is 13.6. The number of likely N-dealkylation sites (tertiary alicyclic amines) is 1. The van der Waals surface area contributed by atoms with Gasteiger partial charge in [-0.15, -0.1) is 0 Å². The fraction of sp³-hybridized carbons (Fsp3) is 0.375. The maximum Gasteiger partial charge on any atom is 0.221 e. The maximum absolute atomic E-state index is 13.6. The Morgan fingerprint density at radius 3 is 2.53 bits per heavy atom. The fourth-order valence-corrected chi connectivity index (χ4v) is 4.67. The lowest BCUT2D eigenvalue weighted by atomic mass is 10.0. The monoisotopic (exact) mass is 406 g/mol. The van der Waals surface area contributed by atoms with E-state index in [-0.39, 0.29) is 11.8 Å². The zero-order chi connectivity index (χ0) is 20.8. The lowest BCUT2D eigenvalue weighted by molar-refractivity contribution is -0.101. The first-order chi connectivity index (χ1) is 14.6. The highest BCUT2D eigenvalue weighted by Crippen LogP contribution is 2.42. The molecule has 0 N–H and O–H groups in total. The van der Waals surface area contributed by atoms with Crippen molar-refractivity contribution in [3.05, 3.63) is 59.3 Å². The average Bonchev–Trinajstić information content (AvgIpc) is 3.04. The van der Waals surface area contributed by atoms with Crippen LogP contribution in [0.3, 0.4) is 0 Å². The third-order valence-corrected chi connectivity index (χ3v) is 6.33. The summed E-state index contributed by atoms with van der Waals surface area (Å²) in [4.78, 5) is 16.0. The minimum atomic E-state index is -0.390. The van der Waals surface area contributed by atoms with Gasteiger partial charge in [0, 0.05) is 30.3 Å². The highest BCUT2D eigenvalue weighted by molar-refractivity contribution is 6.18. The van der Waals surface area contributed by atoms with Gasteiger partial charge in [0.1, 0.15) is 17.5 Å². The van der Waals surface area contributed by atoms with Crippen LogP contribution in [0.15, 0.2) is 42.5 Å². The number of carbonyl (C=O) groups is 1. The second-order valence-electron chi connectivity index (χ2n) is 7.98. The van der Waals surface area contributed by atoms with E-state index in [1.807, 2.05) is 49.4 Å². The summed E-state index contributed by atoms with van der Waals surface area (Å²) in [6.07, 6.45) is 0.835. The number of hydrogen-bond donors (Lipinski definition) is 0. The van der Waals surface area contributed by atoms with Crippen LogP contribution in [0.25, 0.3) is 10.9 Å². The van der Waals surface area contributed by atoms with Gasteiger partial charge >= 0.3 is 0 Å². The summed E-state index contributed by atoms with van der Waals surface area (Å²) in [5.74, 6) is 1.50. The van der Waals surface area contributed by atoms with Crippen LogP contribution in [0.4, 0.5) is 0 Å². The first-order valence-corrected chi connectivity index (χ1v) is 10.4. The largest absolute Gasteiger partial charge is 0.497 e. The molecule has 2 aromatic carbocycles. The topological polar surface area (TPSA) is 52.9 Å². The van der Waals surface area contributed by atoms with Gasteiger partial charge in [-0.1, -0.05) is 12.1 Å². The third kappa shape index (κ3) is 2.90. The zero-order valence-electron chi connectivity index (χ0n) is 17.6.